The minimum atomic E-state index is -0.925. The number of hydrogen-bond donors (Lipinski definition) is 1. The number of carbonyl (C=O) groups is 1. The monoisotopic (exact) mass is 452 g/mol. The lowest BCUT2D eigenvalue weighted by Gasteiger charge is -2.22. The number of nitrogens with zero attached hydrogens (tertiary/aromatic N) is 2. The summed E-state index contributed by atoms with van der Waals surface area (Å²) in [4.78, 5) is 18.2. The predicted molar refractivity (Wildman–Crippen MR) is 126 cm³/mol. The third-order valence-corrected chi connectivity index (χ3v) is 6.34. The minimum Gasteiger partial charge on any atom is -0.497 e. The van der Waals surface area contributed by atoms with E-state index in [1.165, 1.54) is 5.56 Å². The van der Waals surface area contributed by atoms with Crippen molar-refractivity contribution in [3.05, 3.63) is 88.4 Å². The van der Waals surface area contributed by atoms with Crippen molar-refractivity contribution >= 4 is 44.3 Å². The SMILES string of the molecule is COc1ccc(CCN(Cc2ccc(C(=O)O)cc2)c2nc3cc(Cl)ccc3s2)cc1. The van der Waals surface area contributed by atoms with Crippen molar-refractivity contribution in [2.75, 3.05) is 18.6 Å². The zero-order chi connectivity index (χ0) is 21.8. The number of methoxy groups -OCH3 is 1. The van der Waals surface area contributed by atoms with E-state index < -0.39 is 5.97 Å². The molecule has 1 N–H and O–H groups in total. The van der Waals surface area contributed by atoms with Crippen LogP contribution in [0.25, 0.3) is 10.2 Å². The lowest BCUT2D eigenvalue weighted by molar-refractivity contribution is 0.0697. The van der Waals surface area contributed by atoms with Gasteiger partial charge in [0, 0.05) is 18.1 Å². The molecule has 0 aliphatic rings. The van der Waals surface area contributed by atoms with Crippen LogP contribution in [0.2, 0.25) is 5.02 Å². The van der Waals surface area contributed by atoms with E-state index in [0.717, 1.165) is 39.6 Å². The van der Waals surface area contributed by atoms with Crippen molar-refractivity contribution in [1.82, 2.24) is 4.98 Å². The highest BCUT2D eigenvalue weighted by Crippen LogP contribution is 2.31. The Balaban J connectivity index is 1.59. The molecule has 31 heavy (non-hydrogen) atoms. The van der Waals surface area contributed by atoms with E-state index in [1.807, 2.05) is 42.5 Å². The summed E-state index contributed by atoms with van der Waals surface area (Å²) in [7, 11) is 1.66. The Labute approximate surface area is 189 Å². The van der Waals surface area contributed by atoms with E-state index in [1.54, 1.807) is 30.6 Å². The third-order valence-electron chi connectivity index (χ3n) is 5.01. The van der Waals surface area contributed by atoms with Crippen molar-refractivity contribution in [3.63, 3.8) is 0 Å². The second-order valence-corrected chi connectivity index (χ2v) is 8.58. The van der Waals surface area contributed by atoms with Gasteiger partial charge in [0.25, 0.3) is 0 Å². The van der Waals surface area contributed by atoms with Crippen molar-refractivity contribution in [1.29, 1.82) is 0 Å². The molecule has 0 atom stereocenters. The largest absolute Gasteiger partial charge is 0.497 e. The van der Waals surface area contributed by atoms with Gasteiger partial charge < -0.3 is 14.7 Å². The van der Waals surface area contributed by atoms with Gasteiger partial charge in [-0.15, -0.1) is 0 Å². The van der Waals surface area contributed by atoms with Gasteiger partial charge in [-0.25, -0.2) is 9.78 Å². The molecule has 158 valence electrons. The van der Waals surface area contributed by atoms with Crippen LogP contribution in [0.15, 0.2) is 66.7 Å². The van der Waals surface area contributed by atoms with Crippen LogP contribution in [0.3, 0.4) is 0 Å². The normalized spacial score (nSPS) is 10.9. The van der Waals surface area contributed by atoms with E-state index in [9.17, 15) is 4.79 Å². The van der Waals surface area contributed by atoms with Gasteiger partial charge in [-0.2, -0.15) is 0 Å². The molecule has 4 rings (SSSR count). The summed E-state index contributed by atoms with van der Waals surface area (Å²) >= 11 is 7.76. The van der Waals surface area contributed by atoms with Crippen molar-refractivity contribution < 1.29 is 14.6 Å². The summed E-state index contributed by atoms with van der Waals surface area (Å²) in [5.41, 5.74) is 3.39. The number of rotatable bonds is 8. The van der Waals surface area contributed by atoms with Crippen molar-refractivity contribution in [3.8, 4) is 5.75 Å². The van der Waals surface area contributed by atoms with Crippen LogP contribution < -0.4 is 9.64 Å². The molecule has 0 amide bonds. The van der Waals surface area contributed by atoms with Gasteiger partial charge in [0.2, 0.25) is 0 Å². The standard InChI is InChI=1S/C24H21ClN2O3S/c1-30-20-9-4-16(5-10-20)12-13-27(15-17-2-6-18(7-3-17)23(28)29)24-26-21-14-19(25)8-11-22(21)31-24/h2-11,14H,12-13,15H2,1H3,(H,28,29). The van der Waals surface area contributed by atoms with Gasteiger partial charge in [0.05, 0.1) is 22.9 Å². The van der Waals surface area contributed by atoms with Gasteiger partial charge >= 0.3 is 5.97 Å². The first-order valence-electron chi connectivity index (χ1n) is 9.78. The van der Waals surface area contributed by atoms with Crippen LogP contribution in [0.1, 0.15) is 21.5 Å². The number of carboxylic acids is 1. The lowest BCUT2D eigenvalue weighted by atomic mass is 10.1. The van der Waals surface area contributed by atoms with Crippen LogP contribution in [-0.4, -0.2) is 29.7 Å². The fourth-order valence-corrected chi connectivity index (χ4v) is 4.43. The van der Waals surface area contributed by atoms with E-state index in [4.69, 9.17) is 26.4 Å². The number of benzene rings is 3. The highest BCUT2D eigenvalue weighted by molar-refractivity contribution is 7.22. The number of thiazole rings is 1. The molecule has 0 saturated heterocycles. The van der Waals surface area contributed by atoms with Gasteiger partial charge in [-0.05, 0) is 60.0 Å². The van der Waals surface area contributed by atoms with Crippen LogP contribution in [0.4, 0.5) is 5.13 Å². The molecule has 0 radical (unpaired) electrons. The van der Waals surface area contributed by atoms with E-state index in [0.29, 0.717) is 11.6 Å². The molecule has 1 heterocycles. The molecule has 0 saturated carbocycles. The first-order valence-corrected chi connectivity index (χ1v) is 11.0. The number of aromatic carboxylic acids is 1. The third kappa shape index (κ3) is 5.16. The Hall–Kier alpha value is -3.09. The molecule has 0 unspecified atom stereocenters. The molecule has 0 fully saturated rings. The number of ether oxygens (including phenoxy) is 1. The Morgan fingerprint density at radius 3 is 2.45 bits per heavy atom. The number of hydrogen-bond acceptors (Lipinski definition) is 5. The summed E-state index contributed by atoms with van der Waals surface area (Å²) in [5.74, 6) is -0.0897. The summed E-state index contributed by atoms with van der Waals surface area (Å²) in [6.07, 6.45) is 0.841. The maximum absolute atomic E-state index is 11.1. The number of anilines is 1. The summed E-state index contributed by atoms with van der Waals surface area (Å²) in [6, 6.07) is 20.8. The number of halogens is 1. The maximum Gasteiger partial charge on any atom is 0.335 e. The second-order valence-electron chi connectivity index (χ2n) is 7.13. The Morgan fingerprint density at radius 2 is 1.77 bits per heavy atom. The number of carboxylic acid groups (broad SMARTS) is 1. The first kappa shape index (κ1) is 21.2. The number of aromatic nitrogens is 1. The van der Waals surface area contributed by atoms with E-state index >= 15 is 0 Å². The van der Waals surface area contributed by atoms with E-state index in [-0.39, 0.29) is 5.56 Å². The zero-order valence-electron chi connectivity index (χ0n) is 16.9. The van der Waals surface area contributed by atoms with E-state index in [2.05, 4.69) is 17.0 Å². The first-order chi connectivity index (χ1) is 15.0. The van der Waals surface area contributed by atoms with Gasteiger partial charge in [0.15, 0.2) is 5.13 Å². The quantitative estimate of drug-likeness (QED) is 0.360. The molecule has 0 aliphatic carbocycles. The van der Waals surface area contributed by atoms with Gasteiger partial charge in [-0.1, -0.05) is 47.2 Å². The van der Waals surface area contributed by atoms with Gasteiger partial charge in [0.1, 0.15) is 5.75 Å². The summed E-state index contributed by atoms with van der Waals surface area (Å²) < 4.78 is 6.32. The highest BCUT2D eigenvalue weighted by Gasteiger charge is 2.14. The predicted octanol–water partition coefficient (Wildman–Crippen LogP) is 5.91. The molecule has 0 spiro atoms. The average molecular weight is 453 g/mol. The topological polar surface area (TPSA) is 62.7 Å². The van der Waals surface area contributed by atoms with Gasteiger partial charge in [-0.3, -0.25) is 0 Å². The van der Waals surface area contributed by atoms with Crippen LogP contribution in [0.5, 0.6) is 5.75 Å². The van der Waals surface area contributed by atoms with Crippen LogP contribution >= 0.6 is 22.9 Å². The fourth-order valence-electron chi connectivity index (χ4n) is 3.30. The van der Waals surface area contributed by atoms with Crippen LogP contribution in [-0.2, 0) is 13.0 Å². The van der Waals surface area contributed by atoms with Crippen LogP contribution in [0, 0.1) is 0 Å². The molecule has 5 nitrogen and oxygen atoms in total. The Morgan fingerprint density at radius 1 is 1.06 bits per heavy atom. The molecule has 4 aromatic rings. The molecule has 7 heteroatoms. The highest BCUT2D eigenvalue weighted by atomic mass is 35.5. The molecule has 3 aromatic carbocycles. The second kappa shape index (κ2) is 9.37. The molecule has 0 bridgehead atoms. The van der Waals surface area contributed by atoms with Crippen molar-refractivity contribution in [2.45, 2.75) is 13.0 Å². The molecular formula is C24H21ClN2O3S. The fraction of sp³-hybridized carbons (Fsp3) is 0.167. The Bertz CT molecular complexity index is 1190. The lowest BCUT2D eigenvalue weighted by Crippen LogP contribution is -2.25. The molecule has 0 aliphatic heterocycles. The molecule has 1 aromatic heterocycles. The number of fused-ring (bicyclic) bond motifs is 1. The minimum absolute atomic E-state index is 0.281. The maximum atomic E-state index is 11.1. The summed E-state index contributed by atoms with van der Waals surface area (Å²) in [5, 5.41) is 10.7. The molecular weight excluding hydrogens is 432 g/mol. The summed E-state index contributed by atoms with van der Waals surface area (Å²) in [6.45, 7) is 1.39. The van der Waals surface area contributed by atoms with Crippen molar-refractivity contribution in [2.24, 2.45) is 0 Å². The average Bonchev–Trinajstić information content (AvgIpc) is 3.20. The Kier molecular flexibility index (Phi) is 6.39. The smallest absolute Gasteiger partial charge is 0.335 e. The zero-order valence-corrected chi connectivity index (χ0v) is 18.5.